The van der Waals surface area contributed by atoms with Crippen LogP contribution >= 0.6 is 0 Å². The van der Waals surface area contributed by atoms with Crippen LogP contribution in [0, 0.1) is 12.7 Å². The zero-order chi connectivity index (χ0) is 20.9. The maximum absolute atomic E-state index is 13.0. The van der Waals surface area contributed by atoms with E-state index in [9.17, 15) is 17.6 Å². The van der Waals surface area contributed by atoms with Gasteiger partial charge in [-0.3, -0.25) is 4.79 Å². The van der Waals surface area contributed by atoms with E-state index >= 15 is 0 Å². The molecule has 7 heteroatoms. The Labute approximate surface area is 169 Å². The van der Waals surface area contributed by atoms with Gasteiger partial charge in [-0.2, -0.15) is 0 Å². The van der Waals surface area contributed by atoms with Crippen LogP contribution in [0.1, 0.15) is 23.6 Å². The number of carbonyl (C=O) groups excluding carboxylic acids is 1. The second-order valence-corrected chi connectivity index (χ2v) is 8.37. The smallest absolute Gasteiger partial charge is 0.241 e. The third-order valence-electron chi connectivity index (χ3n) is 4.35. The third-order valence-corrected chi connectivity index (χ3v) is 5.84. The Hall–Kier alpha value is -3.03. The van der Waals surface area contributed by atoms with Crippen LogP contribution in [0.4, 0.5) is 10.1 Å². The summed E-state index contributed by atoms with van der Waals surface area (Å²) in [6.45, 7) is 1.87. The minimum absolute atomic E-state index is 0.119. The van der Waals surface area contributed by atoms with Gasteiger partial charge in [-0.25, -0.2) is 17.5 Å². The van der Waals surface area contributed by atoms with Gasteiger partial charge in [-0.05, 0) is 48.9 Å². The molecule has 0 unspecified atom stereocenters. The van der Waals surface area contributed by atoms with Crippen molar-refractivity contribution in [1.29, 1.82) is 0 Å². The van der Waals surface area contributed by atoms with Gasteiger partial charge in [-0.15, -0.1) is 0 Å². The molecule has 3 aromatic rings. The normalized spacial score (nSPS) is 12.3. The fraction of sp³-hybridized carbons (Fsp3) is 0.136. The van der Waals surface area contributed by atoms with E-state index in [1.807, 2.05) is 13.0 Å². The lowest BCUT2D eigenvalue weighted by Crippen LogP contribution is -2.31. The molecule has 0 saturated heterocycles. The van der Waals surface area contributed by atoms with E-state index < -0.39 is 27.8 Å². The molecule has 3 rings (SSSR count). The van der Waals surface area contributed by atoms with Crippen molar-refractivity contribution in [2.75, 3.05) is 5.32 Å². The molecule has 3 aromatic carbocycles. The Kier molecular flexibility index (Phi) is 6.41. The lowest BCUT2D eigenvalue weighted by atomic mass is 10.0. The highest BCUT2D eigenvalue weighted by Crippen LogP contribution is 2.22. The standard InChI is InChI=1S/C22H21FN2O3S/c1-16-7-13-20(14-8-16)29(27,28)25-21(17-5-3-2-4-6-17)15-22(26)24-19-11-9-18(23)10-12-19/h2-14,21,25H,15H2,1H3,(H,24,26)/t21-/m0/s1. The van der Waals surface area contributed by atoms with Crippen LogP contribution < -0.4 is 10.0 Å². The molecule has 0 heterocycles. The van der Waals surface area contributed by atoms with Crippen molar-refractivity contribution in [3.05, 3.63) is 95.8 Å². The predicted molar refractivity (Wildman–Crippen MR) is 110 cm³/mol. The molecule has 0 aliphatic heterocycles. The molecule has 0 aromatic heterocycles. The number of rotatable bonds is 7. The van der Waals surface area contributed by atoms with Gasteiger partial charge >= 0.3 is 0 Å². The average Bonchev–Trinajstić information content (AvgIpc) is 2.70. The minimum atomic E-state index is -3.83. The number of hydrogen-bond acceptors (Lipinski definition) is 3. The van der Waals surface area contributed by atoms with Crippen LogP contribution in [0.25, 0.3) is 0 Å². The highest BCUT2D eigenvalue weighted by molar-refractivity contribution is 7.89. The van der Waals surface area contributed by atoms with Gasteiger partial charge in [0, 0.05) is 12.1 Å². The van der Waals surface area contributed by atoms with Crippen LogP contribution in [0.15, 0.2) is 83.8 Å². The van der Waals surface area contributed by atoms with Crippen LogP contribution in [0.3, 0.4) is 0 Å². The van der Waals surface area contributed by atoms with Gasteiger partial charge < -0.3 is 5.32 Å². The number of halogens is 1. The largest absolute Gasteiger partial charge is 0.326 e. The van der Waals surface area contributed by atoms with E-state index in [0.29, 0.717) is 11.3 Å². The lowest BCUT2D eigenvalue weighted by molar-refractivity contribution is -0.116. The van der Waals surface area contributed by atoms with Crippen molar-refractivity contribution in [2.24, 2.45) is 0 Å². The molecule has 1 amide bonds. The van der Waals surface area contributed by atoms with Crippen molar-refractivity contribution in [1.82, 2.24) is 4.72 Å². The summed E-state index contributed by atoms with van der Waals surface area (Å²) < 4.78 is 41.3. The molecule has 0 fully saturated rings. The lowest BCUT2D eigenvalue weighted by Gasteiger charge is -2.19. The average molecular weight is 412 g/mol. The van der Waals surface area contributed by atoms with Gasteiger partial charge in [0.15, 0.2) is 0 Å². The number of aryl methyl sites for hydroxylation is 1. The fourth-order valence-electron chi connectivity index (χ4n) is 2.82. The number of sulfonamides is 1. The Morgan fingerprint density at radius 3 is 2.17 bits per heavy atom. The summed E-state index contributed by atoms with van der Waals surface area (Å²) in [5.74, 6) is -0.798. The van der Waals surface area contributed by atoms with Crippen molar-refractivity contribution >= 4 is 21.6 Å². The monoisotopic (exact) mass is 412 g/mol. The van der Waals surface area contributed by atoms with Gasteiger partial charge in [0.2, 0.25) is 15.9 Å². The number of amides is 1. The fourth-order valence-corrected chi connectivity index (χ4v) is 4.04. The molecule has 0 spiro atoms. The zero-order valence-electron chi connectivity index (χ0n) is 15.8. The highest BCUT2D eigenvalue weighted by Gasteiger charge is 2.23. The third kappa shape index (κ3) is 5.73. The molecule has 0 saturated carbocycles. The van der Waals surface area contributed by atoms with E-state index in [0.717, 1.165) is 5.56 Å². The number of benzene rings is 3. The van der Waals surface area contributed by atoms with Crippen molar-refractivity contribution < 1.29 is 17.6 Å². The Morgan fingerprint density at radius 2 is 1.55 bits per heavy atom. The van der Waals surface area contributed by atoms with Crippen LogP contribution in [-0.2, 0) is 14.8 Å². The first-order valence-corrected chi connectivity index (χ1v) is 10.5. The van der Waals surface area contributed by atoms with Gasteiger partial charge in [-0.1, -0.05) is 48.0 Å². The molecule has 0 aliphatic rings. The first-order chi connectivity index (χ1) is 13.8. The summed E-state index contributed by atoms with van der Waals surface area (Å²) in [6.07, 6.45) is -0.119. The number of anilines is 1. The Morgan fingerprint density at radius 1 is 0.931 bits per heavy atom. The van der Waals surface area contributed by atoms with Crippen LogP contribution in [0.5, 0.6) is 0 Å². The number of carbonyl (C=O) groups is 1. The first-order valence-electron chi connectivity index (χ1n) is 9.03. The molecular weight excluding hydrogens is 391 g/mol. The van der Waals surface area contributed by atoms with Crippen LogP contribution in [-0.4, -0.2) is 14.3 Å². The quantitative estimate of drug-likeness (QED) is 0.611. The molecule has 2 N–H and O–H groups in total. The maximum atomic E-state index is 13.0. The van der Waals surface area contributed by atoms with Gasteiger partial charge in [0.25, 0.3) is 0 Å². The summed E-state index contributed by atoms with van der Waals surface area (Å²) >= 11 is 0. The van der Waals surface area contributed by atoms with E-state index in [4.69, 9.17) is 0 Å². The second-order valence-electron chi connectivity index (χ2n) is 6.66. The summed E-state index contributed by atoms with van der Waals surface area (Å²) in [5, 5.41) is 2.66. The number of hydrogen-bond donors (Lipinski definition) is 2. The molecule has 5 nitrogen and oxygen atoms in total. The molecule has 150 valence electrons. The summed E-state index contributed by atoms with van der Waals surface area (Å²) in [6, 6.07) is 20.0. The van der Waals surface area contributed by atoms with Gasteiger partial charge in [0.05, 0.1) is 10.9 Å². The van der Waals surface area contributed by atoms with E-state index in [1.54, 1.807) is 36.4 Å². The van der Waals surface area contributed by atoms with Crippen molar-refractivity contribution in [3.8, 4) is 0 Å². The highest BCUT2D eigenvalue weighted by atomic mass is 32.2. The van der Waals surface area contributed by atoms with Crippen molar-refractivity contribution in [3.63, 3.8) is 0 Å². The van der Waals surface area contributed by atoms with E-state index in [-0.39, 0.29) is 11.3 Å². The second kappa shape index (κ2) is 8.98. The topological polar surface area (TPSA) is 75.3 Å². The van der Waals surface area contributed by atoms with E-state index in [1.165, 1.54) is 36.4 Å². The summed E-state index contributed by atoms with van der Waals surface area (Å²) in [7, 11) is -3.83. The SMILES string of the molecule is Cc1ccc(S(=O)(=O)N[C@@H](CC(=O)Nc2ccc(F)cc2)c2ccccc2)cc1. The maximum Gasteiger partial charge on any atom is 0.241 e. The van der Waals surface area contributed by atoms with Crippen molar-refractivity contribution in [2.45, 2.75) is 24.3 Å². The first kappa shape index (κ1) is 20.7. The summed E-state index contributed by atoms with van der Waals surface area (Å²) in [5.41, 5.74) is 2.05. The predicted octanol–water partition coefficient (Wildman–Crippen LogP) is 4.18. The molecule has 0 radical (unpaired) electrons. The zero-order valence-corrected chi connectivity index (χ0v) is 16.6. The molecule has 0 aliphatic carbocycles. The number of nitrogens with one attached hydrogen (secondary N) is 2. The summed E-state index contributed by atoms with van der Waals surface area (Å²) in [4.78, 5) is 12.6. The molecule has 29 heavy (non-hydrogen) atoms. The Balaban J connectivity index is 1.80. The Bertz CT molecular complexity index is 1070. The molecule has 1 atom stereocenters. The molecule has 0 bridgehead atoms. The van der Waals surface area contributed by atoms with Gasteiger partial charge in [0.1, 0.15) is 5.82 Å². The minimum Gasteiger partial charge on any atom is -0.326 e. The van der Waals surface area contributed by atoms with Crippen LogP contribution in [0.2, 0.25) is 0 Å². The van der Waals surface area contributed by atoms with E-state index in [2.05, 4.69) is 10.0 Å². The molecular formula is C22H21FN2O3S.